The van der Waals surface area contributed by atoms with E-state index >= 15 is 0 Å². The van der Waals surface area contributed by atoms with Gasteiger partial charge in [0.15, 0.2) is 0 Å². The Hall–Kier alpha value is -2.66. The van der Waals surface area contributed by atoms with Crippen LogP contribution in [-0.2, 0) is 14.3 Å². The van der Waals surface area contributed by atoms with Crippen molar-refractivity contribution < 1.29 is 14.3 Å². The fourth-order valence-electron chi connectivity index (χ4n) is 3.22. The van der Waals surface area contributed by atoms with E-state index in [0.717, 1.165) is 26.9 Å². The van der Waals surface area contributed by atoms with E-state index in [1.807, 2.05) is 56.3 Å². The van der Waals surface area contributed by atoms with E-state index in [4.69, 9.17) is 4.74 Å². The van der Waals surface area contributed by atoms with Crippen molar-refractivity contribution in [1.82, 2.24) is 0 Å². The maximum absolute atomic E-state index is 13.3. The molecular formula is C23H22BrNO3. The van der Waals surface area contributed by atoms with Crippen molar-refractivity contribution in [3.8, 4) is 0 Å². The molecule has 5 heteroatoms. The molecule has 1 heterocycles. The van der Waals surface area contributed by atoms with Crippen molar-refractivity contribution in [3.63, 3.8) is 0 Å². The molecule has 0 radical (unpaired) electrons. The second-order valence-corrected chi connectivity index (χ2v) is 7.62. The number of carbonyl (C=O) groups is 2. The van der Waals surface area contributed by atoms with Gasteiger partial charge in [-0.25, -0.2) is 4.79 Å². The predicted molar refractivity (Wildman–Crippen MR) is 115 cm³/mol. The highest BCUT2D eigenvalue weighted by Crippen LogP contribution is 2.36. The van der Waals surface area contributed by atoms with Crippen molar-refractivity contribution in [2.45, 2.75) is 27.7 Å². The van der Waals surface area contributed by atoms with Crippen LogP contribution in [0.1, 0.15) is 30.5 Å². The number of benzene rings is 2. The molecule has 2 aromatic rings. The Morgan fingerprint density at radius 2 is 1.86 bits per heavy atom. The molecule has 0 fully saturated rings. The van der Waals surface area contributed by atoms with Gasteiger partial charge in [-0.1, -0.05) is 34.1 Å². The van der Waals surface area contributed by atoms with E-state index in [1.165, 1.54) is 0 Å². The molecule has 28 heavy (non-hydrogen) atoms. The lowest BCUT2D eigenvalue weighted by Crippen LogP contribution is -2.24. The van der Waals surface area contributed by atoms with Crippen molar-refractivity contribution in [3.05, 3.63) is 80.5 Å². The largest absolute Gasteiger partial charge is 0.462 e. The number of amides is 1. The molecule has 0 aliphatic carbocycles. The first-order valence-corrected chi connectivity index (χ1v) is 9.90. The minimum absolute atomic E-state index is 0.233. The molecular weight excluding hydrogens is 418 g/mol. The van der Waals surface area contributed by atoms with Gasteiger partial charge in [0.25, 0.3) is 5.91 Å². The third kappa shape index (κ3) is 3.80. The van der Waals surface area contributed by atoms with Crippen LogP contribution >= 0.6 is 15.9 Å². The monoisotopic (exact) mass is 439 g/mol. The summed E-state index contributed by atoms with van der Waals surface area (Å²) in [6.07, 6.45) is 1.74. The molecule has 0 spiro atoms. The summed E-state index contributed by atoms with van der Waals surface area (Å²) < 4.78 is 6.14. The highest BCUT2D eigenvalue weighted by atomic mass is 79.9. The molecule has 144 valence electrons. The number of halogens is 1. The topological polar surface area (TPSA) is 46.6 Å². The van der Waals surface area contributed by atoms with E-state index in [9.17, 15) is 9.59 Å². The smallest absolute Gasteiger partial charge is 0.340 e. The Kier molecular flexibility index (Phi) is 5.84. The minimum Gasteiger partial charge on any atom is -0.462 e. The molecule has 0 aromatic heterocycles. The average Bonchev–Trinajstić information content (AvgIpc) is 2.88. The summed E-state index contributed by atoms with van der Waals surface area (Å²) in [6.45, 7) is 7.81. The molecule has 0 bridgehead atoms. The number of ether oxygens (including phenoxy) is 1. The standard InChI is InChI=1S/C23H22BrNO3/c1-5-28-23(27)21-16(4)25(19-10-9-14(2)15(3)11-19)22(26)20(21)13-17-7-6-8-18(24)12-17/h6-13H,5H2,1-4H3/b20-13-. The van der Waals surface area contributed by atoms with Gasteiger partial charge in [-0.3, -0.25) is 9.69 Å². The van der Waals surface area contributed by atoms with Gasteiger partial charge in [0.2, 0.25) is 0 Å². The zero-order valence-electron chi connectivity index (χ0n) is 16.4. The van der Waals surface area contributed by atoms with Crippen molar-refractivity contribution in [2.75, 3.05) is 11.5 Å². The van der Waals surface area contributed by atoms with Gasteiger partial charge in [0.1, 0.15) is 0 Å². The minimum atomic E-state index is -0.485. The van der Waals surface area contributed by atoms with Crippen molar-refractivity contribution >= 4 is 39.6 Å². The number of nitrogens with zero attached hydrogens (tertiary/aromatic N) is 1. The second-order valence-electron chi connectivity index (χ2n) is 6.70. The van der Waals surface area contributed by atoms with Crippen LogP contribution in [-0.4, -0.2) is 18.5 Å². The molecule has 0 atom stereocenters. The summed E-state index contributed by atoms with van der Waals surface area (Å²) in [5.74, 6) is -0.718. The Morgan fingerprint density at radius 3 is 2.50 bits per heavy atom. The number of anilines is 1. The molecule has 0 unspecified atom stereocenters. The molecule has 2 aromatic carbocycles. The van der Waals surface area contributed by atoms with Crippen LogP contribution < -0.4 is 4.90 Å². The fourth-order valence-corrected chi connectivity index (χ4v) is 3.64. The van der Waals surface area contributed by atoms with Crippen LogP contribution in [0.4, 0.5) is 5.69 Å². The molecule has 1 aliphatic rings. The first kappa shape index (κ1) is 20.1. The van der Waals surface area contributed by atoms with E-state index in [1.54, 1.807) is 24.8 Å². The second kappa shape index (κ2) is 8.15. The highest BCUT2D eigenvalue weighted by molar-refractivity contribution is 9.10. The van der Waals surface area contributed by atoms with Crippen LogP contribution in [0.25, 0.3) is 6.08 Å². The van der Waals surface area contributed by atoms with Gasteiger partial charge in [-0.15, -0.1) is 0 Å². The van der Waals surface area contributed by atoms with Crippen LogP contribution in [0.3, 0.4) is 0 Å². The maximum Gasteiger partial charge on any atom is 0.340 e. The van der Waals surface area contributed by atoms with Crippen LogP contribution in [0.2, 0.25) is 0 Å². The lowest BCUT2D eigenvalue weighted by Gasteiger charge is -2.19. The first-order valence-electron chi connectivity index (χ1n) is 9.10. The summed E-state index contributed by atoms with van der Waals surface area (Å²) in [6, 6.07) is 13.4. The SMILES string of the molecule is CCOC(=O)C1=C(C)N(c2ccc(C)c(C)c2)C(=O)/C1=C\c1cccc(Br)c1. The average molecular weight is 440 g/mol. The van der Waals surface area contributed by atoms with Crippen molar-refractivity contribution in [1.29, 1.82) is 0 Å². The summed E-state index contributed by atoms with van der Waals surface area (Å²) in [5.41, 5.74) is 5.03. The molecule has 0 N–H and O–H groups in total. The lowest BCUT2D eigenvalue weighted by molar-refractivity contribution is -0.138. The Morgan fingerprint density at radius 1 is 1.11 bits per heavy atom. The van der Waals surface area contributed by atoms with E-state index in [0.29, 0.717) is 16.8 Å². The Labute approximate surface area is 173 Å². The van der Waals surface area contributed by atoms with E-state index in [-0.39, 0.29) is 12.5 Å². The quantitative estimate of drug-likeness (QED) is 0.477. The number of allylic oxidation sites excluding steroid dienone is 1. The van der Waals surface area contributed by atoms with E-state index in [2.05, 4.69) is 15.9 Å². The molecule has 0 saturated carbocycles. The molecule has 0 saturated heterocycles. The summed E-state index contributed by atoms with van der Waals surface area (Å²) >= 11 is 3.44. The van der Waals surface area contributed by atoms with Gasteiger partial charge in [0, 0.05) is 15.9 Å². The summed E-state index contributed by atoms with van der Waals surface area (Å²) in [7, 11) is 0. The third-order valence-electron chi connectivity index (χ3n) is 4.79. The van der Waals surface area contributed by atoms with Gasteiger partial charge in [-0.05, 0) is 74.7 Å². The number of hydrogen-bond donors (Lipinski definition) is 0. The van der Waals surface area contributed by atoms with Gasteiger partial charge in [-0.2, -0.15) is 0 Å². The normalized spacial score (nSPS) is 15.5. The first-order chi connectivity index (χ1) is 13.3. The van der Waals surface area contributed by atoms with Gasteiger partial charge >= 0.3 is 5.97 Å². The highest BCUT2D eigenvalue weighted by Gasteiger charge is 2.38. The third-order valence-corrected chi connectivity index (χ3v) is 5.28. The lowest BCUT2D eigenvalue weighted by atomic mass is 10.0. The zero-order chi connectivity index (χ0) is 20.4. The maximum atomic E-state index is 13.3. The number of esters is 1. The molecule has 1 aliphatic heterocycles. The van der Waals surface area contributed by atoms with E-state index < -0.39 is 5.97 Å². The van der Waals surface area contributed by atoms with Crippen molar-refractivity contribution in [2.24, 2.45) is 0 Å². The fraction of sp³-hybridized carbons (Fsp3) is 0.217. The Balaban J connectivity index is 2.15. The number of aryl methyl sites for hydroxylation is 2. The van der Waals surface area contributed by atoms with Gasteiger partial charge in [0.05, 0.1) is 17.8 Å². The number of rotatable bonds is 4. The molecule has 4 nitrogen and oxygen atoms in total. The summed E-state index contributed by atoms with van der Waals surface area (Å²) in [4.78, 5) is 27.6. The van der Waals surface area contributed by atoms with Crippen LogP contribution in [0.5, 0.6) is 0 Å². The van der Waals surface area contributed by atoms with Gasteiger partial charge < -0.3 is 4.74 Å². The molecule has 1 amide bonds. The number of carbonyl (C=O) groups excluding carboxylic acids is 2. The Bertz CT molecular complexity index is 1020. The van der Waals surface area contributed by atoms with Crippen LogP contribution in [0.15, 0.2) is 63.8 Å². The number of hydrogen-bond acceptors (Lipinski definition) is 3. The molecule has 3 rings (SSSR count). The van der Waals surface area contributed by atoms with Crippen LogP contribution in [0, 0.1) is 13.8 Å². The summed E-state index contributed by atoms with van der Waals surface area (Å²) in [5, 5.41) is 0. The predicted octanol–water partition coefficient (Wildman–Crippen LogP) is 5.33. The zero-order valence-corrected chi connectivity index (χ0v) is 18.0.